The van der Waals surface area contributed by atoms with E-state index in [0.29, 0.717) is 11.4 Å². The molecule has 0 heterocycles. The Bertz CT molecular complexity index is 601. The van der Waals surface area contributed by atoms with Gasteiger partial charge in [0.25, 0.3) is 5.91 Å². The van der Waals surface area contributed by atoms with E-state index in [2.05, 4.69) is 21.2 Å². The number of benzene rings is 2. The molecule has 0 unspecified atom stereocenters. The first-order valence-electron chi connectivity index (χ1n) is 5.18. The molecule has 0 saturated carbocycles. The van der Waals surface area contributed by atoms with Crippen LogP contribution in [0.5, 0.6) is 0 Å². The Morgan fingerprint density at radius 2 is 2.00 bits per heavy atom. The number of nitrogens with two attached hydrogens (primary N) is 1. The number of hydrogen-bond donors (Lipinski definition) is 2. The summed E-state index contributed by atoms with van der Waals surface area (Å²) in [6.07, 6.45) is 0. The third-order valence-corrected chi connectivity index (χ3v) is 2.81. The van der Waals surface area contributed by atoms with E-state index in [9.17, 15) is 9.18 Å². The molecule has 0 aliphatic heterocycles. The van der Waals surface area contributed by atoms with Gasteiger partial charge in [0.2, 0.25) is 0 Å². The van der Waals surface area contributed by atoms with Crippen LogP contribution >= 0.6 is 15.9 Å². The van der Waals surface area contributed by atoms with Crippen LogP contribution in [0.15, 0.2) is 46.9 Å². The van der Waals surface area contributed by atoms with Gasteiger partial charge < -0.3 is 11.1 Å². The van der Waals surface area contributed by atoms with Crippen molar-refractivity contribution in [3.05, 3.63) is 58.3 Å². The number of amides is 1. The van der Waals surface area contributed by atoms with Crippen molar-refractivity contribution < 1.29 is 9.18 Å². The second-order valence-electron chi connectivity index (χ2n) is 3.70. The Morgan fingerprint density at radius 3 is 2.72 bits per heavy atom. The molecule has 0 fully saturated rings. The van der Waals surface area contributed by atoms with Gasteiger partial charge in [0.15, 0.2) is 0 Å². The summed E-state index contributed by atoms with van der Waals surface area (Å²) in [6, 6.07) is 10.9. The molecule has 2 aromatic carbocycles. The third kappa shape index (κ3) is 2.87. The fourth-order valence-electron chi connectivity index (χ4n) is 1.48. The first kappa shape index (κ1) is 12.6. The molecule has 0 aliphatic carbocycles. The van der Waals surface area contributed by atoms with E-state index in [0.717, 1.165) is 4.47 Å². The standard InChI is InChI=1S/C13H10BrFN2O/c14-8-2-1-3-10(6-8)17-13(18)11-7-9(16)4-5-12(11)15/h1-7H,16H2,(H,17,18). The van der Waals surface area contributed by atoms with Gasteiger partial charge in [-0.05, 0) is 36.4 Å². The van der Waals surface area contributed by atoms with Gasteiger partial charge in [0.05, 0.1) is 5.56 Å². The molecule has 1 amide bonds. The van der Waals surface area contributed by atoms with E-state index in [1.165, 1.54) is 18.2 Å². The molecule has 0 aromatic heterocycles. The number of hydrogen-bond acceptors (Lipinski definition) is 2. The van der Waals surface area contributed by atoms with Crippen molar-refractivity contribution in [1.29, 1.82) is 0 Å². The number of carbonyl (C=O) groups is 1. The molecule has 2 rings (SSSR count). The first-order valence-corrected chi connectivity index (χ1v) is 5.97. The van der Waals surface area contributed by atoms with Crippen LogP contribution in [-0.2, 0) is 0 Å². The fraction of sp³-hybridized carbons (Fsp3) is 0. The van der Waals surface area contributed by atoms with Crippen molar-refractivity contribution in [2.75, 3.05) is 11.1 Å². The fourth-order valence-corrected chi connectivity index (χ4v) is 1.88. The van der Waals surface area contributed by atoms with E-state index in [-0.39, 0.29) is 5.56 Å². The molecule has 0 spiro atoms. The Balaban J connectivity index is 2.24. The highest BCUT2D eigenvalue weighted by atomic mass is 79.9. The minimum atomic E-state index is -0.600. The molecule has 0 saturated heterocycles. The maximum atomic E-state index is 13.5. The van der Waals surface area contributed by atoms with Gasteiger partial charge in [-0.2, -0.15) is 0 Å². The molecule has 0 aliphatic rings. The summed E-state index contributed by atoms with van der Waals surface area (Å²) < 4.78 is 14.3. The van der Waals surface area contributed by atoms with Crippen molar-refractivity contribution >= 4 is 33.2 Å². The Kier molecular flexibility index (Phi) is 3.62. The normalized spacial score (nSPS) is 10.1. The molecule has 2 aromatic rings. The zero-order valence-corrected chi connectivity index (χ0v) is 10.9. The zero-order chi connectivity index (χ0) is 13.1. The molecular formula is C13H10BrFN2O. The minimum Gasteiger partial charge on any atom is -0.399 e. The van der Waals surface area contributed by atoms with Gasteiger partial charge in [-0.25, -0.2) is 4.39 Å². The van der Waals surface area contributed by atoms with E-state index in [4.69, 9.17) is 5.73 Å². The maximum Gasteiger partial charge on any atom is 0.258 e. The van der Waals surface area contributed by atoms with E-state index < -0.39 is 11.7 Å². The molecule has 18 heavy (non-hydrogen) atoms. The number of nitrogen functional groups attached to an aromatic ring is 1. The lowest BCUT2D eigenvalue weighted by atomic mass is 10.1. The molecule has 5 heteroatoms. The van der Waals surface area contributed by atoms with Crippen molar-refractivity contribution in [2.45, 2.75) is 0 Å². The van der Waals surface area contributed by atoms with Gasteiger partial charge >= 0.3 is 0 Å². The van der Waals surface area contributed by atoms with Crippen molar-refractivity contribution in [3.63, 3.8) is 0 Å². The van der Waals surface area contributed by atoms with Crippen LogP contribution in [0.3, 0.4) is 0 Å². The maximum absolute atomic E-state index is 13.5. The summed E-state index contributed by atoms with van der Waals surface area (Å²) in [4.78, 5) is 11.9. The van der Waals surface area contributed by atoms with Gasteiger partial charge in [-0.3, -0.25) is 4.79 Å². The molecule has 92 valence electrons. The van der Waals surface area contributed by atoms with Crippen LogP contribution in [0.1, 0.15) is 10.4 Å². The predicted molar refractivity (Wildman–Crippen MR) is 72.9 cm³/mol. The van der Waals surface area contributed by atoms with Crippen LogP contribution in [0.4, 0.5) is 15.8 Å². The van der Waals surface area contributed by atoms with Gasteiger partial charge in [-0.1, -0.05) is 22.0 Å². The lowest BCUT2D eigenvalue weighted by molar-refractivity contribution is 0.102. The van der Waals surface area contributed by atoms with E-state index in [1.54, 1.807) is 18.2 Å². The highest BCUT2D eigenvalue weighted by Crippen LogP contribution is 2.18. The highest BCUT2D eigenvalue weighted by molar-refractivity contribution is 9.10. The summed E-state index contributed by atoms with van der Waals surface area (Å²) in [5.41, 5.74) is 6.38. The summed E-state index contributed by atoms with van der Waals surface area (Å²) in [5, 5.41) is 2.60. The quantitative estimate of drug-likeness (QED) is 0.835. The van der Waals surface area contributed by atoms with Crippen LogP contribution in [0.25, 0.3) is 0 Å². The molecular weight excluding hydrogens is 299 g/mol. The summed E-state index contributed by atoms with van der Waals surface area (Å²) in [7, 11) is 0. The Labute approximate surface area is 112 Å². The van der Waals surface area contributed by atoms with Gasteiger partial charge in [0, 0.05) is 15.8 Å². The van der Waals surface area contributed by atoms with Gasteiger partial charge in [0.1, 0.15) is 5.82 Å². The van der Waals surface area contributed by atoms with Crippen molar-refractivity contribution in [1.82, 2.24) is 0 Å². The molecule has 0 bridgehead atoms. The Morgan fingerprint density at radius 1 is 1.22 bits per heavy atom. The number of halogens is 2. The second kappa shape index (κ2) is 5.18. The van der Waals surface area contributed by atoms with Gasteiger partial charge in [-0.15, -0.1) is 0 Å². The molecule has 0 radical (unpaired) electrons. The van der Waals surface area contributed by atoms with E-state index in [1.807, 2.05) is 6.07 Å². The number of anilines is 2. The van der Waals surface area contributed by atoms with E-state index >= 15 is 0 Å². The number of nitrogens with one attached hydrogen (secondary N) is 1. The van der Waals surface area contributed by atoms with Crippen LogP contribution in [0.2, 0.25) is 0 Å². The zero-order valence-electron chi connectivity index (χ0n) is 9.28. The summed E-state index contributed by atoms with van der Waals surface area (Å²) in [6.45, 7) is 0. The molecule has 0 atom stereocenters. The predicted octanol–water partition coefficient (Wildman–Crippen LogP) is 3.42. The number of rotatable bonds is 2. The molecule has 3 N–H and O–H groups in total. The largest absolute Gasteiger partial charge is 0.399 e. The molecule has 3 nitrogen and oxygen atoms in total. The van der Waals surface area contributed by atoms with Crippen LogP contribution in [0, 0.1) is 5.82 Å². The highest BCUT2D eigenvalue weighted by Gasteiger charge is 2.12. The average Bonchev–Trinajstić information content (AvgIpc) is 2.32. The van der Waals surface area contributed by atoms with Crippen molar-refractivity contribution in [2.24, 2.45) is 0 Å². The summed E-state index contributed by atoms with van der Waals surface area (Å²) >= 11 is 3.29. The lowest BCUT2D eigenvalue weighted by Gasteiger charge is -2.07. The minimum absolute atomic E-state index is 0.0741. The smallest absolute Gasteiger partial charge is 0.258 e. The van der Waals surface area contributed by atoms with Crippen molar-refractivity contribution in [3.8, 4) is 0 Å². The van der Waals surface area contributed by atoms with Crippen LogP contribution < -0.4 is 11.1 Å². The topological polar surface area (TPSA) is 55.1 Å². The SMILES string of the molecule is Nc1ccc(F)c(C(=O)Nc2cccc(Br)c2)c1. The second-order valence-corrected chi connectivity index (χ2v) is 4.62. The van der Waals surface area contributed by atoms with Crippen LogP contribution in [-0.4, -0.2) is 5.91 Å². The number of carbonyl (C=O) groups excluding carboxylic acids is 1. The summed E-state index contributed by atoms with van der Waals surface area (Å²) in [5.74, 6) is -1.13. The third-order valence-electron chi connectivity index (χ3n) is 2.32. The Hall–Kier alpha value is -1.88. The lowest BCUT2D eigenvalue weighted by Crippen LogP contribution is -2.14. The monoisotopic (exact) mass is 308 g/mol. The average molecular weight is 309 g/mol. The first-order chi connectivity index (χ1) is 8.56.